The van der Waals surface area contributed by atoms with Gasteiger partial charge in [-0.1, -0.05) is 13.8 Å². The van der Waals surface area contributed by atoms with Crippen molar-refractivity contribution in [2.24, 2.45) is 5.92 Å². The van der Waals surface area contributed by atoms with Crippen LogP contribution in [0.4, 0.5) is 11.5 Å². The zero-order valence-corrected chi connectivity index (χ0v) is 15.8. The Hall–Kier alpha value is -2.28. The van der Waals surface area contributed by atoms with Gasteiger partial charge < -0.3 is 10.1 Å². The number of nitrogens with one attached hydrogen (secondary N) is 2. The number of hydrogen-bond donors (Lipinski definition) is 2. The molecule has 0 fully saturated rings. The average molecular weight is 363 g/mol. The molecule has 0 amide bonds. The molecule has 1 aromatic heterocycles. The maximum atomic E-state index is 12.4. The fourth-order valence-corrected chi connectivity index (χ4v) is 3.09. The number of pyridine rings is 1. The molecular formula is C18H25N3O3S. The molecule has 7 heteroatoms. The van der Waals surface area contributed by atoms with E-state index < -0.39 is 10.0 Å². The van der Waals surface area contributed by atoms with E-state index in [0.717, 1.165) is 6.54 Å². The quantitative estimate of drug-likeness (QED) is 0.747. The summed E-state index contributed by atoms with van der Waals surface area (Å²) < 4.78 is 32.9. The number of anilines is 2. The van der Waals surface area contributed by atoms with E-state index in [2.05, 4.69) is 28.9 Å². The van der Waals surface area contributed by atoms with Crippen molar-refractivity contribution in [3.63, 3.8) is 0 Å². The summed E-state index contributed by atoms with van der Waals surface area (Å²) in [6, 6.07) is 9.76. The van der Waals surface area contributed by atoms with Gasteiger partial charge in [-0.3, -0.25) is 4.72 Å². The summed E-state index contributed by atoms with van der Waals surface area (Å²) in [6.45, 7) is 8.85. The van der Waals surface area contributed by atoms with Crippen LogP contribution in [0.15, 0.2) is 47.5 Å². The van der Waals surface area contributed by atoms with Crippen molar-refractivity contribution in [1.82, 2.24) is 4.98 Å². The molecular weight excluding hydrogens is 338 g/mol. The molecule has 0 unspecified atom stereocenters. The van der Waals surface area contributed by atoms with Crippen LogP contribution >= 0.6 is 0 Å². The fraction of sp³-hybridized carbons (Fsp3) is 0.389. The highest BCUT2D eigenvalue weighted by atomic mass is 32.2. The fourth-order valence-electron chi connectivity index (χ4n) is 2.05. The number of benzene rings is 1. The largest absolute Gasteiger partial charge is 0.491 e. The van der Waals surface area contributed by atoms with Crippen LogP contribution in [0.5, 0.6) is 5.75 Å². The van der Waals surface area contributed by atoms with Crippen LogP contribution in [0.25, 0.3) is 0 Å². The zero-order chi connectivity index (χ0) is 18.4. The minimum absolute atomic E-state index is 0.0366. The van der Waals surface area contributed by atoms with Gasteiger partial charge in [-0.15, -0.1) is 0 Å². The van der Waals surface area contributed by atoms with E-state index in [9.17, 15) is 8.42 Å². The zero-order valence-electron chi connectivity index (χ0n) is 15.0. The van der Waals surface area contributed by atoms with Crippen molar-refractivity contribution in [3.8, 4) is 5.75 Å². The molecule has 6 nitrogen and oxygen atoms in total. The van der Waals surface area contributed by atoms with Crippen LogP contribution in [0.3, 0.4) is 0 Å². The predicted molar refractivity (Wildman–Crippen MR) is 101 cm³/mol. The van der Waals surface area contributed by atoms with Gasteiger partial charge >= 0.3 is 0 Å². The first-order chi connectivity index (χ1) is 11.8. The van der Waals surface area contributed by atoms with Crippen LogP contribution in [-0.2, 0) is 10.0 Å². The molecule has 0 aliphatic carbocycles. The van der Waals surface area contributed by atoms with Crippen LogP contribution in [0.2, 0.25) is 0 Å². The Morgan fingerprint density at radius 1 is 1.04 bits per heavy atom. The molecule has 1 aromatic carbocycles. The van der Waals surface area contributed by atoms with Crippen LogP contribution in [0.1, 0.15) is 27.7 Å². The Morgan fingerprint density at radius 3 is 2.24 bits per heavy atom. The van der Waals surface area contributed by atoms with Crippen molar-refractivity contribution >= 4 is 21.5 Å². The molecule has 2 aromatic rings. The monoisotopic (exact) mass is 363 g/mol. The first kappa shape index (κ1) is 19.1. The van der Waals surface area contributed by atoms with Crippen LogP contribution < -0.4 is 14.8 Å². The maximum Gasteiger partial charge on any atom is 0.261 e. The second kappa shape index (κ2) is 8.20. The molecule has 0 aliphatic rings. The first-order valence-electron chi connectivity index (χ1n) is 8.26. The second-order valence-corrected chi connectivity index (χ2v) is 8.13. The third kappa shape index (κ3) is 5.94. The molecule has 0 saturated heterocycles. The summed E-state index contributed by atoms with van der Waals surface area (Å²) in [6.07, 6.45) is 1.53. The number of aromatic nitrogens is 1. The molecule has 2 rings (SSSR count). The van der Waals surface area contributed by atoms with Crippen molar-refractivity contribution in [1.29, 1.82) is 0 Å². The Balaban J connectivity index is 2.05. The van der Waals surface area contributed by atoms with Crippen molar-refractivity contribution in [2.75, 3.05) is 16.6 Å². The van der Waals surface area contributed by atoms with Gasteiger partial charge in [0.1, 0.15) is 11.6 Å². The topological polar surface area (TPSA) is 80.3 Å². The lowest BCUT2D eigenvalue weighted by atomic mass is 10.2. The highest BCUT2D eigenvalue weighted by Gasteiger charge is 2.14. The lowest BCUT2D eigenvalue weighted by Crippen LogP contribution is -2.14. The summed E-state index contributed by atoms with van der Waals surface area (Å²) >= 11 is 0. The van der Waals surface area contributed by atoms with Crippen molar-refractivity contribution in [3.05, 3.63) is 42.6 Å². The summed E-state index contributed by atoms with van der Waals surface area (Å²) in [5.74, 6) is 1.85. The van der Waals surface area contributed by atoms with E-state index in [4.69, 9.17) is 4.74 Å². The Kier molecular flexibility index (Phi) is 6.25. The number of nitrogens with zero attached hydrogens (tertiary/aromatic N) is 1. The molecule has 136 valence electrons. The van der Waals surface area contributed by atoms with Gasteiger partial charge in [0.25, 0.3) is 10.0 Å². The van der Waals surface area contributed by atoms with Gasteiger partial charge in [0, 0.05) is 6.54 Å². The maximum absolute atomic E-state index is 12.4. The normalized spacial score (nSPS) is 11.6. The third-order valence-electron chi connectivity index (χ3n) is 3.21. The van der Waals surface area contributed by atoms with Gasteiger partial charge in [-0.05, 0) is 56.2 Å². The van der Waals surface area contributed by atoms with Crippen LogP contribution in [-0.4, -0.2) is 26.1 Å². The van der Waals surface area contributed by atoms with E-state index in [1.165, 1.54) is 18.3 Å². The first-order valence-corrected chi connectivity index (χ1v) is 9.74. The lowest BCUT2D eigenvalue weighted by molar-refractivity contribution is 0.242. The molecule has 0 radical (unpaired) electrons. The van der Waals surface area contributed by atoms with Gasteiger partial charge in [0.15, 0.2) is 0 Å². The Morgan fingerprint density at radius 2 is 1.72 bits per heavy atom. The van der Waals surface area contributed by atoms with E-state index in [0.29, 0.717) is 23.2 Å². The number of sulfonamides is 1. The SMILES string of the molecule is CC(C)CNc1ccc(NS(=O)(=O)c2ccc(OC(C)C)cc2)cn1. The highest BCUT2D eigenvalue weighted by molar-refractivity contribution is 7.92. The van der Waals surface area contributed by atoms with Gasteiger partial charge in [-0.25, -0.2) is 13.4 Å². The van der Waals surface area contributed by atoms with Crippen LogP contribution in [0, 0.1) is 5.92 Å². The molecule has 1 heterocycles. The van der Waals surface area contributed by atoms with E-state index in [1.54, 1.807) is 24.3 Å². The van der Waals surface area contributed by atoms with Gasteiger partial charge in [-0.2, -0.15) is 0 Å². The van der Waals surface area contributed by atoms with Crippen molar-refractivity contribution in [2.45, 2.75) is 38.7 Å². The Bertz CT molecular complexity index is 770. The smallest absolute Gasteiger partial charge is 0.261 e. The minimum Gasteiger partial charge on any atom is -0.491 e. The van der Waals surface area contributed by atoms with Gasteiger partial charge in [0.2, 0.25) is 0 Å². The molecule has 0 aliphatic heterocycles. The summed E-state index contributed by atoms with van der Waals surface area (Å²) in [5.41, 5.74) is 0.414. The summed E-state index contributed by atoms with van der Waals surface area (Å²) in [5, 5.41) is 3.19. The minimum atomic E-state index is -3.66. The molecule has 25 heavy (non-hydrogen) atoms. The summed E-state index contributed by atoms with van der Waals surface area (Å²) in [4.78, 5) is 4.39. The number of ether oxygens (including phenoxy) is 1. The molecule has 0 atom stereocenters. The molecule has 0 saturated carbocycles. The van der Waals surface area contributed by atoms with E-state index >= 15 is 0 Å². The Labute approximate surface area is 149 Å². The van der Waals surface area contributed by atoms with E-state index in [1.807, 2.05) is 13.8 Å². The predicted octanol–water partition coefficient (Wildman–Crippen LogP) is 3.74. The molecule has 0 spiro atoms. The van der Waals surface area contributed by atoms with E-state index in [-0.39, 0.29) is 11.0 Å². The van der Waals surface area contributed by atoms with Gasteiger partial charge in [0.05, 0.1) is 22.9 Å². The highest BCUT2D eigenvalue weighted by Crippen LogP contribution is 2.20. The average Bonchev–Trinajstić information content (AvgIpc) is 2.54. The number of rotatable bonds is 8. The standard InChI is InChI=1S/C18H25N3O3S/c1-13(2)11-19-18-10-5-15(12-20-18)21-25(22,23)17-8-6-16(7-9-17)24-14(3)4/h5-10,12-14,21H,11H2,1-4H3,(H,19,20). The molecule has 2 N–H and O–H groups in total. The number of hydrogen-bond acceptors (Lipinski definition) is 5. The molecule has 0 bridgehead atoms. The van der Waals surface area contributed by atoms with Crippen molar-refractivity contribution < 1.29 is 13.2 Å². The second-order valence-electron chi connectivity index (χ2n) is 6.45. The summed E-state index contributed by atoms with van der Waals surface area (Å²) in [7, 11) is -3.66. The third-order valence-corrected chi connectivity index (χ3v) is 4.61. The lowest BCUT2D eigenvalue weighted by Gasteiger charge is -2.12.